The first kappa shape index (κ1) is 13.3. The first-order chi connectivity index (χ1) is 8.56. The van der Waals surface area contributed by atoms with E-state index >= 15 is 0 Å². The lowest BCUT2D eigenvalue weighted by molar-refractivity contribution is 0.473. The van der Waals surface area contributed by atoms with Gasteiger partial charge in [0.25, 0.3) is 0 Å². The molecular formula is C14H15BrFNO. The Hall–Kier alpha value is -1.13. The molecule has 2 nitrogen and oxygen atoms in total. The average Bonchev–Trinajstić information content (AvgIpc) is 2.78. The molecule has 2 rings (SSSR count). The molecule has 0 radical (unpaired) electrons. The van der Waals surface area contributed by atoms with Gasteiger partial charge in [-0.05, 0) is 30.3 Å². The lowest BCUT2D eigenvalue weighted by atomic mass is 10.2. The minimum absolute atomic E-state index is 0.272. The van der Waals surface area contributed by atoms with Crippen LogP contribution in [0.25, 0.3) is 11.3 Å². The second-order valence-corrected chi connectivity index (χ2v) is 5.28. The minimum Gasteiger partial charge on any atom is -0.460 e. The molecule has 2 aromatic rings. The third-order valence-corrected chi connectivity index (χ3v) is 3.23. The predicted octanol–water partition coefficient (Wildman–Crippen LogP) is 4.35. The average molecular weight is 312 g/mol. The van der Waals surface area contributed by atoms with Crippen molar-refractivity contribution in [2.24, 2.45) is 0 Å². The van der Waals surface area contributed by atoms with Gasteiger partial charge in [-0.1, -0.05) is 29.8 Å². The van der Waals surface area contributed by atoms with Crippen molar-refractivity contribution >= 4 is 15.9 Å². The van der Waals surface area contributed by atoms with Crippen molar-refractivity contribution in [1.29, 1.82) is 0 Å². The van der Waals surface area contributed by atoms with E-state index in [-0.39, 0.29) is 5.82 Å². The molecule has 1 aromatic carbocycles. The molecule has 0 amide bonds. The van der Waals surface area contributed by atoms with E-state index in [2.05, 4.69) is 35.1 Å². The summed E-state index contributed by atoms with van der Waals surface area (Å²) in [5.41, 5.74) is 0.728. The first-order valence-electron chi connectivity index (χ1n) is 5.84. The van der Waals surface area contributed by atoms with Crippen molar-refractivity contribution < 1.29 is 8.81 Å². The van der Waals surface area contributed by atoms with Crippen LogP contribution in [0.2, 0.25) is 0 Å². The number of benzene rings is 1. The summed E-state index contributed by atoms with van der Waals surface area (Å²) in [6, 6.07) is 8.72. The molecule has 0 aliphatic heterocycles. The second-order valence-electron chi connectivity index (χ2n) is 4.43. The normalized spacial score (nSPS) is 11.2. The van der Waals surface area contributed by atoms with Gasteiger partial charge in [0.1, 0.15) is 17.3 Å². The van der Waals surface area contributed by atoms with E-state index in [1.54, 1.807) is 6.07 Å². The molecule has 0 atom stereocenters. The molecule has 0 bridgehead atoms. The van der Waals surface area contributed by atoms with Crippen LogP contribution in [0.5, 0.6) is 0 Å². The minimum atomic E-state index is -0.272. The summed E-state index contributed by atoms with van der Waals surface area (Å²) >= 11 is 3.40. The van der Waals surface area contributed by atoms with E-state index in [1.165, 1.54) is 12.1 Å². The van der Waals surface area contributed by atoms with Crippen molar-refractivity contribution in [2.45, 2.75) is 26.4 Å². The molecule has 0 spiro atoms. The van der Waals surface area contributed by atoms with Crippen molar-refractivity contribution in [3.8, 4) is 11.3 Å². The Morgan fingerprint density at radius 2 is 2.06 bits per heavy atom. The van der Waals surface area contributed by atoms with Crippen LogP contribution in [0.4, 0.5) is 4.39 Å². The lowest BCUT2D eigenvalue weighted by Gasteiger charge is -2.05. The highest BCUT2D eigenvalue weighted by atomic mass is 79.9. The molecule has 0 saturated carbocycles. The van der Waals surface area contributed by atoms with Gasteiger partial charge in [0, 0.05) is 16.1 Å². The summed E-state index contributed by atoms with van der Waals surface area (Å²) in [6.07, 6.45) is 0. The molecule has 0 unspecified atom stereocenters. The Bertz CT molecular complexity index is 536. The summed E-state index contributed by atoms with van der Waals surface area (Å²) in [4.78, 5) is 0. The standard InChI is InChI=1S/C14H15BrFNO/c1-9(2)17-8-11-4-6-14(18-11)12-7-10(16)3-5-13(12)15/h3-7,9,17H,8H2,1-2H3. The van der Waals surface area contributed by atoms with Gasteiger partial charge in [-0.3, -0.25) is 0 Å². The zero-order valence-corrected chi connectivity index (χ0v) is 11.9. The molecule has 1 heterocycles. The van der Waals surface area contributed by atoms with Crippen LogP contribution in [0, 0.1) is 5.82 Å². The third kappa shape index (κ3) is 3.21. The van der Waals surface area contributed by atoms with Gasteiger partial charge >= 0.3 is 0 Å². The summed E-state index contributed by atoms with van der Waals surface area (Å²) < 4.78 is 19.7. The van der Waals surface area contributed by atoms with Crippen LogP contribution in [0.1, 0.15) is 19.6 Å². The quantitative estimate of drug-likeness (QED) is 0.908. The van der Waals surface area contributed by atoms with Gasteiger partial charge in [0.05, 0.1) is 6.54 Å². The molecule has 0 fully saturated rings. The highest BCUT2D eigenvalue weighted by Crippen LogP contribution is 2.30. The van der Waals surface area contributed by atoms with E-state index in [1.807, 2.05) is 12.1 Å². The largest absolute Gasteiger partial charge is 0.460 e. The Labute approximate surface area is 114 Å². The smallest absolute Gasteiger partial charge is 0.135 e. The van der Waals surface area contributed by atoms with Crippen molar-refractivity contribution in [2.75, 3.05) is 0 Å². The fourth-order valence-corrected chi connectivity index (χ4v) is 2.05. The highest BCUT2D eigenvalue weighted by Gasteiger charge is 2.09. The molecule has 0 aliphatic rings. The Kier molecular flexibility index (Phi) is 4.19. The van der Waals surface area contributed by atoms with E-state index in [0.717, 1.165) is 15.8 Å². The number of furan rings is 1. The van der Waals surface area contributed by atoms with Crippen LogP contribution in [0.3, 0.4) is 0 Å². The highest BCUT2D eigenvalue weighted by molar-refractivity contribution is 9.10. The maximum absolute atomic E-state index is 13.2. The van der Waals surface area contributed by atoms with E-state index in [9.17, 15) is 4.39 Å². The zero-order chi connectivity index (χ0) is 13.1. The van der Waals surface area contributed by atoms with Crippen LogP contribution in [0.15, 0.2) is 39.2 Å². The Morgan fingerprint density at radius 1 is 1.28 bits per heavy atom. The fraction of sp³-hybridized carbons (Fsp3) is 0.286. The van der Waals surface area contributed by atoms with E-state index < -0.39 is 0 Å². The predicted molar refractivity (Wildman–Crippen MR) is 73.8 cm³/mol. The molecule has 4 heteroatoms. The number of hydrogen-bond donors (Lipinski definition) is 1. The maximum Gasteiger partial charge on any atom is 0.135 e. The topological polar surface area (TPSA) is 25.2 Å². The molecule has 96 valence electrons. The van der Waals surface area contributed by atoms with Crippen LogP contribution >= 0.6 is 15.9 Å². The van der Waals surface area contributed by atoms with Gasteiger partial charge in [0.15, 0.2) is 0 Å². The van der Waals surface area contributed by atoms with Crippen molar-refractivity contribution in [3.63, 3.8) is 0 Å². The molecule has 1 N–H and O–H groups in total. The maximum atomic E-state index is 13.2. The molecule has 1 aromatic heterocycles. The number of rotatable bonds is 4. The summed E-state index contributed by atoms with van der Waals surface area (Å²) in [5.74, 6) is 1.24. The van der Waals surface area contributed by atoms with Crippen LogP contribution in [-0.2, 0) is 6.54 Å². The van der Waals surface area contributed by atoms with E-state index in [4.69, 9.17) is 4.42 Å². The van der Waals surface area contributed by atoms with Gasteiger partial charge in [-0.25, -0.2) is 4.39 Å². The summed E-state index contributed by atoms with van der Waals surface area (Å²) in [7, 11) is 0. The van der Waals surface area contributed by atoms with Gasteiger partial charge in [-0.15, -0.1) is 0 Å². The van der Waals surface area contributed by atoms with Gasteiger partial charge in [0.2, 0.25) is 0 Å². The molecule has 18 heavy (non-hydrogen) atoms. The summed E-state index contributed by atoms with van der Waals surface area (Å²) in [6.45, 7) is 4.82. The molecule has 0 saturated heterocycles. The third-order valence-electron chi connectivity index (χ3n) is 2.54. The SMILES string of the molecule is CC(C)NCc1ccc(-c2cc(F)ccc2Br)o1. The monoisotopic (exact) mass is 311 g/mol. The van der Waals surface area contributed by atoms with Crippen molar-refractivity contribution in [3.05, 3.63) is 46.4 Å². The molecular weight excluding hydrogens is 297 g/mol. The van der Waals surface area contributed by atoms with Crippen molar-refractivity contribution in [1.82, 2.24) is 5.32 Å². The van der Waals surface area contributed by atoms with Crippen LogP contribution in [-0.4, -0.2) is 6.04 Å². The zero-order valence-electron chi connectivity index (χ0n) is 10.3. The summed E-state index contributed by atoms with van der Waals surface area (Å²) in [5, 5.41) is 3.27. The number of nitrogens with one attached hydrogen (secondary N) is 1. The van der Waals surface area contributed by atoms with E-state index in [0.29, 0.717) is 18.3 Å². The number of hydrogen-bond acceptors (Lipinski definition) is 2. The number of halogens is 2. The Balaban J connectivity index is 2.21. The fourth-order valence-electron chi connectivity index (χ4n) is 1.61. The lowest BCUT2D eigenvalue weighted by Crippen LogP contribution is -2.21. The molecule has 0 aliphatic carbocycles. The van der Waals surface area contributed by atoms with Crippen LogP contribution < -0.4 is 5.32 Å². The second kappa shape index (κ2) is 5.67. The van der Waals surface area contributed by atoms with Gasteiger partial charge < -0.3 is 9.73 Å². The first-order valence-corrected chi connectivity index (χ1v) is 6.63. The van der Waals surface area contributed by atoms with Gasteiger partial charge in [-0.2, -0.15) is 0 Å². The Morgan fingerprint density at radius 3 is 2.78 bits per heavy atom.